The molecule has 0 spiro atoms. The number of anilines is 1. The van der Waals surface area contributed by atoms with Gasteiger partial charge in [0.15, 0.2) is 0 Å². The molecule has 7 nitrogen and oxygen atoms in total. The van der Waals surface area contributed by atoms with E-state index in [0.717, 1.165) is 0 Å². The summed E-state index contributed by atoms with van der Waals surface area (Å²) in [6, 6.07) is 0. The smallest absolute Gasteiger partial charge is 0.308 e. The Morgan fingerprint density at radius 2 is 1.62 bits per heavy atom. The van der Waals surface area contributed by atoms with E-state index in [2.05, 4.69) is 15.0 Å². The molecule has 0 aliphatic rings. The molecular formula is C3H3Cl2N4O3P. The lowest BCUT2D eigenvalue weighted by molar-refractivity contribution is 0.380. The average Bonchev–Trinajstić information content (AvgIpc) is 1.78. The highest BCUT2D eigenvalue weighted by Gasteiger charge is 2.15. The standard InChI is InChI=1S/C3H3Cl2N4O3P/c4-1-6-2(5)8-3(7-1)9-13(10,11)12/h(H3,6,7,8,9,10,11,12). The molecule has 0 amide bonds. The fourth-order valence-corrected chi connectivity index (χ4v) is 1.23. The summed E-state index contributed by atoms with van der Waals surface area (Å²) in [5, 5.41) is 1.19. The molecular weight excluding hydrogens is 242 g/mol. The highest BCUT2D eigenvalue weighted by atomic mass is 35.5. The van der Waals surface area contributed by atoms with Crippen molar-refractivity contribution in [3.63, 3.8) is 0 Å². The zero-order chi connectivity index (χ0) is 10.1. The molecule has 0 radical (unpaired) electrons. The molecule has 3 N–H and O–H groups in total. The fourth-order valence-electron chi connectivity index (χ4n) is 0.506. The first-order valence-electron chi connectivity index (χ1n) is 2.78. The third-order valence-corrected chi connectivity index (χ3v) is 1.66. The van der Waals surface area contributed by atoms with E-state index >= 15 is 0 Å². The number of halogens is 2. The molecule has 0 aliphatic heterocycles. The Hall–Kier alpha value is -0.460. The summed E-state index contributed by atoms with van der Waals surface area (Å²) in [4.78, 5) is 27.1. The van der Waals surface area contributed by atoms with Crippen molar-refractivity contribution in [2.45, 2.75) is 0 Å². The minimum Gasteiger partial charge on any atom is -0.308 e. The molecule has 1 rings (SSSR count). The van der Waals surface area contributed by atoms with Crippen LogP contribution in [0.5, 0.6) is 0 Å². The van der Waals surface area contributed by atoms with Crippen LogP contribution in [0.1, 0.15) is 0 Å². The molecule has 10 heteroatoms. The summed E-state index contributed by atoms with van der Waals surface area (Å²) in [5.74, 6) is -0.377. The molecule has 0 atom stereocenters. The van der Waals surface area contributed by atoms with Crippen molar-refractivity contribution in [2.75, 3.05) is 5.09 Å². The third-order valence-electron chi connectivity index (χ3n) is 0.826. The molecule has 0 aliphatic carbocycles. The first-order chi connectivity index (χ1) is 5.87. The minimum absolute atomic E-state index is 0.254. The van der Waals surface area contributed by atoms with Crippen molar-refractivity contribution < 1.29 is 14.4 Å². The predicted octanol–water partition coefficient (Wildman–Crippen LogP) is 0.683. The number of nitrogens with one attached hydrogen (secondary N) is 1. The van der Waals surface area contributed by atoms with E-state index in [1.807, 2.05) is 0 Å². The Morgan fingerprint density at radius 1 is 1.15 bits per heavy atom. The topological polar surface area (TPSA) is 108 Å². The Morgan fingerprint density at radius 3 is 2.00 bits per heavy atom. The second-order valence-corrected chi connectivity index (χ2v) is 3.84. The minimum atomic E-state index is -4.45. The largest absolute Gasteiger partial charge is 0.429 e. The number of rotatable bonds is 2. The maximum Gasteiger partial charge on any atom is 0.429 e. The molecule has 13 heavy (non-hydrogen) atoms. The van der Waals surface area contributed by atoms with Crippen LogP contribution < -0.4 is 5.09 Å². The van der Waals surface area contributed by atoms with Crippen LogP contribution in [0.4, 0.5) is 5.95 Å². The van der Waals surface area contributed by atoms with Gasteiger partial charge in [-0.15, -0.1) is 0 Å². The average molecular weight is 245 g/mol. The molecule has 0 aromatic carbocycles. The Labute approximate surface area is 82.4 Å². The van der Waals surface area contributed by atoms with E-state index < -0.39 is 7.75 Å². The van der Waals surface area contributed by atoms with Gasteiger partial charge in [0, 0.05) is 0 Å². The summed E-state index contributed by atoms with van der Waals surface area (Å²) in [7, 11) is -4.45. The molecule has 1 aromatic heterocycles. The van der Waals surface area contributed by atoms with E-state index in [4.69, 9.17) is 33.0 Å². The van der Waals surface area contributed by atoms with Crippen molar-refractivity contribution in [2.24, 2.45) is 0 Å². The van der Waals surface area contributed by atoms with Crippen LogP contribution in [0.2, 0.25) is 10.6 Å². The van der Waals surface area contributed by atoms with Crippen LogP contribution in [0, 0.1) is 0 Å². The van der Waals surface area contributed by atoms with E-state index in [1.54, 1.807) is 5.09 Å². The van der Waals surface area contributed by atoms with Crippen LogP contribution in [0.15, 0.2) is 0 Å². The summed E-state index contributed by atoms with van der Waals surface area (Å²) in [6.07, 6.45) is 0. The summed E-state index contributed by atoms with van der Waals surface area (Å²) in [5.41, 5.74) is 0. The Balaban J connectivity index is 2.96. The van der Waals surface area contributed by atoms with Crippen LogP contribution in [-0.4, -0.2) is 24.7 Å². The number of hydrogen-bond acceptors (Lipinski definition) is 4. The van der Waals surface area contributed by atoms with E-state index in [0.29, 0.717) is 0 Å². The maximum atomic E-state index is 10.4. The summed E-state index contributed by atoms with van der Waals surface area (Å²) in [6.45, 7) is 0. The lowest BCUT2D eigenvalue weighted by atomic mass is 11.0. The van der Waals surface area contributed by atoms with Crippen molar-refractivity contribution in [1.82, 2.24) is 15.0 Å². The van der Waals surface area contributed by atoms with Crippen molar-refractivity contribution in [1.29, 1.82) is 0 Å². The lowest BCUT2D eigenvalue weighted by Crippen LogP contribution is -2.01. The van der Waals surface area contributed by atoms with Crippen LogP contribution >= 0.6 is 30.9 Å². The summed E-state index contributed by atoms with van der Waals surface area (Å²) < 4.78 is 10.4. The van der Waals surface area contributed by atoms with Gasteiger partial charge in [0.1, 0.15) is 0 Å². The van der Waals surface area contributed by atoms with Gasteiger partial charge < -0.3 is 9.79 Å². The second kappa shape index (κ2) is 3.73. The monoisotopic (exact) mass is 244 g/mol. The van der Waals surface area contributed by atoms with Gasteiger partial charge in [-0.1, -0.05) is 0 Å². The molecule has 72 valence electrons. The van der Waals surface area contributed by atoms with Gasteiger partial charge in [0.05, 0.1) is 0 Å². The molecule has 0 fully saturated rings. The number of aromatic nitrogens is 3. The van der Waals surface area contributed by atoms with Gasteiger partial charge in [0.25, 0.3) is 0 Å². The first kappa shape index (κ1) is 10.6. The zero-order valence-corrected chi connectivity index (χ0v) is 8.25. The molecule has 1 aromatic rings. The molecule has 0 saturated carbocycles. The van der Waals surface area contributed by atoms with Crippen LogP contribution in [0.3, 0.4) is 0 Å². The van der Waals surface area contributed by atoms with Gasteiger partial charge in [-0.2, -0.15) is 15.0 Å². The van der Waals surface area contributed by atoms with Gasteiger partial charge in [-0.3, -0.25) is 5.09 Å². The fraction of sp³-hybridized carbons (Fsp3) is 0. The molecule has 0 unspecified atom stereocenters. The second-order valence-electron chi connectivity index (χ2n) is 1.85. The number of nitrogens with zero attached hydrogens (tertiary/aromatic N) is 3. The van der Waals surface area contributed by atoms with Crippen molar-refractivity contribution in [3.8, 4) is 0 Å². The first-order valence-corrected chi connectivity index (χ1v) is 5.14. The van der Waals surface area contributed by atoms with Crippen molar-refractivity contribution in [3.05, 3.63) is 10.6 Å². The highest BCUT2D eigenvalue weighted by molar-refractivity contribution is 7.53. The molecule has 0 bridgehead atoms. The maximum absolute atomic E-state index is 10.4. The van der Waals surface area contributed by atoms with Crippen molar-refractivity contribution >= 4 is 36.9 Å². The lowest BCUT2D eigenvalue weighted by Gasteiger charge is -2.04. The molecule has 1 heterocycles. The van der Waals surface area contributed by atoms with E-state index in [1.165, 1.54) is 0 Å². The quantitative estimate of drug-likeness (QED) is 0.657. The zero-order valence-electron chi connectivity index (χ0n) is 5.85. The molecule has 0 saturated heterocycles. The highest BCUT2D eigenvalue weighted by Crippen LogP contribution is 2.33. The summed E-state index contributed by atoms with van der Waals surface area (Å²) >= 11 is 10.7. The SMILES string of the molecule is O=P(O)(O)Nc1nc(Cl)nc(Cl)n1. The Bertz CT molecular complexity index is 347. The third kappa shape index (κ3) is 3.84. The Kier molecular flexibility index (Phi) is 3.05. The van der Waals surface area contributed by atoms with Crippen LogP contribution in [-0.2, 0) is 4.57 Å². The normalized spacial score (nSPS) is 11.4. The predicted molar refractivity (Wildman–Crippen MR) is 45.5 cm³/mol. The van der Waals surface area contributed by atoms with Gasteiger partial charge in [-0.05, 0) is 23.2 Å². The van der Waals surface area contributed by atoms with Gasteiger partial charge in [-0.25, -0.2) is 4.57 Å². The van der Waals surface area contributed by atoms with Gasteiger partial charge in [0.2, 0.25) is 16.5 Å². The van der Waals surface area contributed by atoms with Crippen LogP contribution in [0.25, 0.3) is 0 Å². The van der Waals surface area contributed by atoms with Gasteiger partial charge >= 0.3 is 7.75 Å². The number of hydrogen-bond donors (Lipinski definition) is 3. The van der Waals surface area contributed by atoms with E-state index in [9.17, 15) is 4.57 Å². The van der Waals surface area contributed by atoms with E-state index in [-0.39, 0.29) is 16.5 Å².